The minimum absolute atomic E-state index is 0.145. The Bertz CT molecular complexity index is 493. The molecule has 0 amide bonds. The quantitative estimate of drug-likeness (QED) is 0.763. The SMILES string of the molecule is COCC(CCO)NCc1ccn(-c2ccccc2)n1. The molecule has 5 heteroatoms. The van der Waals surface area contributed by atoms with Crippen LogP contribution in [0.3, 0.4) is 0 Å². The fourth-order valence-electron chi connectivity index (χ4n) is 2.03. The summed E-state index contributed by atoms with van der Waals surface area (Å²) in [5, 5.41) is 16.9. The number of aliphatic hydroxyl groups excluding tert-OH is 1. The molecule has 0 spiro atoms. The molecule has 0 radical (unpaired) electrons. The highest BCUT2D eigenvalue weighted by Crippen LogP contribution is 2.07. The number of benzene rings is 1. The lowest BCUT2D eigenvalue weighted by Crippen LogP contribution is -2.33. The van der Waals surface area contributed by atoms with E-state index in [1.807, 2.05) is 47.3 Å². The van der Waals surface area contributed by atoms with Crippen molar-refractivity contribution in [2.75, 3.05) is 20.3 Å². The zero-order valence-corrected chi connectivity index (χ0v) is 11.7. The molecule has 0 aliphatic rings. The van der Waals surface area contributed by atoms with Crippen LogP contribution >= 0.6 is 0 Å². The van der Waals surface area contributed by atoms with Gasteiger partial charge in [-0.15, -0.1) is 0 Å². The van der Waals surface area contributed by atoms with Crippen molar-refractivity contribution in [2.45, 2.75) is 19.0 Å². The first-order valence-electron chi connectivity index (χ1n) is 6.76. The van der Waals surface area contributed by atoms with Crippen molar-refractivity contribution >= 4 is 0 Å². The predicted molar refractivity (Wildman–Crippen MR) is 77.8 cm³/mol. The lowest BCUT2D eigenvalue weighted by Gasteiger charge is -2.15. The van der Waals surface area contributed by atoms with E-state index in [0.717, 1.165) is 11.4 Å². The van der Waals surface area contributed by atoms with Gasteiger partial charge in [-0.05, 0) is 24.6 Å². The van der Waals surface area contributed by atoms with E-state index in [0.29, 0.717) is 19.6 Å². The summed E-state index contributed by atoms with van der Waals surface area (Å²) in [6.45, 7) is 1.40. The van der Waals surface area contributed by atoms with E-state index in [2.05, 4.69) is 10.4 Å². The average molecular weight is 275 g/mol. The van der Waals surface area contributed by atoms with Crippen LogP contribution < -0.4 is 5.32 Å². The summed E-state index contributed by atoms with van der Waals surface area (Å²) < 4.78 is 6.98. The Kier molecular flexibility index (Phi) is 5.73. The Balaban J connectivity index is 1.92. The number of nitrogens with one attached hydrogen (secondary N) is 1. The highest BCUT2D eigenvalue weighted by Gasteiger charge is 2.08. The molecule has 2 N–H and O–H groups in total. The third kappa shape index (κ3) is 4.16. The largest absolute Gasteiger partial charge is 0.396 e. The van der Waals surface area contributed by atoms with Gasteiger partial charge in [-0.25, -0.2) is 4.68 Å². The summed E-state index contributed by atoms with van der Waals surface area (Å²) in [5.74, 6) is 0. The summed E-state index contributed by atoms with van der Waals surface area (Å²) in [5.41, 5.74) is 2.01. The van der Waals surface area contributed by atoms with E-state index in [1.165, 1.54) is 0 Å². The molecule has 0 saturated carbocycles. The molecule has 0 aliphatic heterocycles. The van der Waals surface area contributed by atoms with Gasteiger partial charge < -0.3 is 15.2 Å². The zero-order chi connectivity index (χ0) is 14.2. The van der Waals surface area contributed by atoms with Crippen molar-refractivity contribution in [3.63, 3.8) is 0 Å². The van der Waals surface area contributed by atoms with Crippen molar-refractivity contribution in [1.29, 1.82) is 0 Å². The number of nitrogens with zero attached hydrogens (tertiary/aromatic N) is 2. The smallest absolute Gasteiger partial charge is 0.0766 e. The van der Waals surface area contributed by atoms with Gasteiger partial charge in [-0.3, -0.25) is 0 Å². The van der Waals surface area contributed by atoms with E-state index in [-0.39, 0.29) is 12.6 Å². The average Bonchev–Trinajstić information content (AvgIpc) is 2.95. The summed E-state index contributed by atoms with van der Waals surface area (Å²) in [4.78, 5) is 0. The Morgan fingerprint density at radius 2 is 2.10 bits per heavy atom. The maximum absolute atomic E-state index is 9.00. The van der Waals surface area contributed by atoms with E-state index >= 15 is 0 Å². The van der Waals surface area contributed by atoms with Crippen LogP contribution in [-0.2, 0) is 11.3 Å². The van der Waals surface area contributed by atoms with Crippen molar-refractivity contribution in [3.05, 3.63) is 48.3 Å². The second-order valence-corrected chi connectivity index (χ2v) is 4.63. The first kappa shape index (κ1) is 14.7. The van der Waals surface area contributed by atoms with Gasteiger partial charge in [0.2, 0.25) is 0 Å². The van der Waals surface area contributed by atoms with E-state index < -0.39 is 0 Å². The molecule has 1 aromatic carbocycles. The minimum atomic E-state index is 0.145. The Morgan fingerprint density at radius 3 is 2.80 bits per heavy atom. The molecule has 2 rings (SSSR count). The second-order valence-electron chi connectivity index (χ2n) is 4.63. The van der Waals surface area contributed by atoms with Gasteiger partial charge in [-0.2, -0.15) is 5.10 Å². The number of ether oxygens (including phenoxy) is 1. The van der Waals surface area contributed by atoms with E-state index in [4.69, 9.17) is 9.84 Å². The van der Waals surface area contributed by atoms with Crippen LogP contribution in [0.2, 0.25) is 0 Å². The van der Waals surface area contributed by atoms with E-state index in [1.54, 1.807) is 7.11 Å². The Morgan fingerprint density at radius 1 is 1.30 bits per heavy atom. The lowest BCUT2D eigenvalue weighted by atomic mass is 10.2. The van der Waals surface area contributed by atoms with Gasteiger partial charge in [0.05, 0.1) is 18.0 Å². The van der Waals surface area contributed by atoms with Crippen molar-refractivity contribution < 1.29 is 9.84 Å². The molecule has 1 heterocycles. The highest BCUT2D eigenvalue weighted by atomic mass is 16.5. The van der Waals surface area contributed by atoms with Crippen molar-refractivity contribution in [2.24, 2.45) is 0 Å². The molecule has 5 nitrogen and oxygen atoms in total. The second kappa shape index (κ2) is 7.79. The van der Waals surface area contributed by atoms with Crippen LogP contribution in [0.4, 0.5) is 0 Å². The zero-order valence-electron chi connectivity index (χ0n) is 11.7. The Labute approximate surface area is 119 Å². The fraction of sp³-hybridized carbons (Fsp3) is 0.400. The molecule has 20 heavy (non-hydrogen) atoms. The lowest BCUT2D eigenvalue weighted by molar-refractivity contribution is 0.148. The molecule has 108 valence electrons. The predicted octanol–water partition coefficient (Wildman–Crippen LogP) is 1.36. The van der Waals surface area contributed by atoms with Gasteiger partial charge in [0.1, 0.15) is 0 Å². The molecule has 0 saturated heterocycles. The molecular formula is C15H21N3O2. The number of rotatable bonds is 8. The van der Waals surface area contributed by atoms with Gasteiger partial charge >= 0.3 is 0 Å². The first-order valence-corrected chi connectivity index (χ1v) is 6.76. The molecule has 0 bridgehead atoms. The molecule has 1 unspecified atom stereocenters. The fourth-order valence-corrected chi connectivity index (χ4v) is 2.03. The monoisotopic (exact) mass is 275 g/mol. The molecule has 2 aromatic rings. The van der Waals surface area contributed by atoms with Crippen LogP contribution in [0, 0.1) is 0 Å². The summed E-state index contributed by atoms with van der Waals surface area (Å²) in [6.07, 6.45) is 2.62. The third-order valence-corrected chi connectivity index (χ3v) is 3.08. The molecular weight excluding hydrogens is 254 g/mol. The van der Waals surface area contributed by atoms with Crippen LogP contribution in [0.15, 0.2) is 42.6 Å². The minimum Gasteiger partial charge on any atom is -0.396 e. The molecule has 1 atom stereocenters. The maximum atomic E-state index is 9.00. The number of methoxy groups -OCH3 is 1. The normalized spacial score (nSPS) is 12.5. The molecule has 1 aromatic heterocycles. The standard InChI is InChI=1S/C15H21N3O2/c1-20-12-14(8-10-19)16-11-13-7-9-18(17-13)15-5-3-2-4-6-15/h2-7,9,14,16,19H,8,10-12H2,1H3. The number of hydrogen-bond acceptors (Lipinski definition) is 4. The molecule has 0 aliphatic carbocycles. The summed E-state index contributed by atoms with van der Waals surface area (Å²) >= 11 is 0. The number of para-hydroxylation sites is 1. The van der Waals surface area contributed by atoms with Gasteiger partial charge in [0.25, 0.3) is 0 Å². The van der Waals surface area contributed by atoms with Crippen LogP contribution in [0.5, 0.6) is 0 Å². The van der Waals surface area contributed by atoms with Crippen molar-refractivity contribution in [1.82, 2.24) is 15.1 Å². The van der Waals surface area contributed by atoms with Gasteiger partial charge in [0, 0.05) is 32.5 Å². The Hall–Kier alpha value is -1.69. The van der Waals surface area contributed by atoms with Gasteiger partial charge in [-0.1, -0.05) is 18.2 Å². The van der Waals surface area contributed by atoms with Crippen LogP contribution in [-0.4, -0.2) is 41.3 Å². The topological polar surface area (TPSA) is 59.3 Å². The van der Waals surface area contributed by atoms with Crippen LogP contribution in [0.25, 0.3) is 5.69 Å². The van der Waals surface area contributed by atoms with Crippen molar-refractivity contribution in [3.8, 4) is 5.69 Å². The number of aromatic nitrogens is 2. The summed E-state index contributed by atoms with van der Waals surface area (Å²) in [6, 6.07) is 12.1. The summed E-state index contributed by atoms with van der Waals surface area (Å²) in [7, 11) is 1.66. The molecule has 0 fully saturated rings. The highest BCUT2D eigenvalue weighted by molar-refractivity contribution is 5.30. The number of hydrogen-bond donors (Lipinski definition) is 2. The maximum Gasteiger partial charge on any atom is 0.0766 e. The first-order chi connectivity index (χ1) is 9.83. The van der Waals surface area contributed by atoms with Gasteiger partial charge in [0.15, 0.2) is 0 Å². The van der Waals surface area contributed by atoms with Crippen LogP contribution in [0.1, 0.15) is 12.1 Å². The third-order valence-electron chi connectivity index (χ3n) is 3.08. The number of aliphatic hydroxyl groups is 1. The van der Waals surface area contributed by atoms with E-state index in [9.17, 15) is 0 Å².